The lowest BCUT2D eigenvalue weighted by Crippen LogP contribution is -2.31. The van der Waals surface area contributed by atoms with Crippen LogP contribution in [0.4, 0.5) is 0 Å². The summed E-state index contributed by atoms with van der Waals surface area (Å²) in [6.07, 6.45) is 6.31. The van der Waals surface area contributed by atoms with Gasteiger partial charge in [-0.2, -0.15) is 10.2 Å². The number of carbonyl (C=O) groups excluding carboxylic acids is 1. The van der Waals surface area contributed by atoms with Crippen LogP contribution in [0.2, 0.25) is 0 Å². The van der Waals surface area contributed by atoms with Gasteiger partial charge in [0.25, 0.3) is 5.91 Å². The van der Waals surface area contributed by atoms with Crippen LogP contribution in [0.15, 0.2) is 18.5 Å². The highest BCUT2D eigenvalue weighted by atomic mass is 16.1. The second-order valence-corrected chi connectivity index (χ2v) is 6.38. The van der Waals surface area contributed by atoms with E-state index in [1.165, 1.54) is 11.3 Å². The molecule has 4 rings (SSSR count). The summed E-state index contributed by atoms with van der Waals surface area (Å²) in [6, 6.07) is 1.85. The first-order chi connectivity index (χ1) is 11.5. The molecule has 1 aliphatic carbocycles. The van der Waals surface area contributed by atoms with Crippen molar-refractivity contribution in [2.24, 2.45) is 14.1 Å². The van der Waals surface area contributed by atoms with E-state index in [0.717, 1.165) is 36.0 Å². The van der Waals surface area contributed by atoms with Gasteiger partial charge >= 0.3 is 0 Å². The first kappa shape index (κ1) is 14.9. The van der Waals surface area contributed by atoms with Gasteiger partial charge in [-0.3, -0.25) is 19.1 Å². The predicted molar refractivity (Wildman–Crippen MR) is 89.6 cm³/mol. The monoisotopic (exact) mass is 324 g/mol. The Morgan fingerprint density at radius 2 is 2.12 bits per heavy atom. The van der Waals surface area contributed by atoms with Crippen LogP contribution in [0.5, 0.6) is 0 Å². The summed E-state index contributed by atoms with van der Waals surface area (Å²) < 4.78 is 3.66. The van der Waals surface area contributed by atoms with Gasteiger partial charge in [-0.25, -0.2) is 0 Å². The number of fused-ring (bicyclic) bond motifs is 2. The fourth-order valence-corrected chi connectivity index (χ4v) is 3.63. The molecule has 0 spiro atoms. The van der Waals surface area contributed by atoms with E-state index in [9.17, 15) is 4.79 Å². The van der Waals surface area contributed by atoms with Crippen molar-refractivity contribution in [3.05, 3.63) is 41.0 Å². The molecule has 1 amide bonds. The van der Waals surface area contributed by atoms with Crippen molar-refractivity contribution in [2.75, 3.05) is 0 Å². The molecular weight excluding hydrogens is 304 g/mol. The Balaban J connectivity index is 1.63. The molecule has 3 aromatic heterocycles. The molecule has 7 heteroatoms. The molecule has 3 heterocycles. The van der Waals surface area contributed by atoms with Crippen LogP contribution in [-0.2, 0) is 20.5 Å². The standard InChI is InChI=1S/C17H20N6O/c1-10-16-12(5-4-6-14(16)23(3)21-10)20-17(24)11-7-15-13(18-8-11)9-19-22(15)2/h7-9,12H,4-6H2,1-3H3,(H,20,24). The molecule has 24 heavy (non-hydrogen) atoms. The lowest BCUT2D eigenvalue weighted by atomic mass is 9.91. The fourth-order valence-electron chi connectivity index (χ4n) is 3.63. The van der Waals surface area contributed by atoms with Crippen molar-refractivity contribution in [2.45, 2.75) is 32.2 Å². The number of carbonyl (C=O) groups is 1. The van der Waals surface area contributed by atoms with Crippen LogP contribution in [0.3, 0.4) is 0 Å². The van der Waals surface area contributed by atoms with Gasteiger partial charge in [0.05, 0.1) is 29.0 Å². The van der Waals surface area contributed by atoms with Gasteiger partial charge in [0, 0.05) is 31.5 Å². The molecule has 3 aromatic rings. The third kappa shape index (κ3) is 2.28. The van der Waals surface area contributed by atoms with Gasteiger partial charge in [0.1, 0.15) is 5.52 Å². The number of hydrogen-bond acceptors (Lipinski definition) is 4. The van der Waals surface area contributed by atoms with Gasteiger partial charge in [-0.05, 0) is 32.3 Å². The molecule has 1 aliphatic rings. The van der Waals surface area contributed by atoms with E-state index in [1.807, 2.05) is 31.8 Å². The van der Waals surface area contributed by atoms with Crippen LogP contribution in [-0.4, -0.2) is 30.5 Å². The SMILES string of the molecule is Cc1nn(C)c2c1C(NC(=O)c1cnc3cnn(C)c3c1)CCC2. The maximum atomic E-state index is 12.7. The van der Waals surface area contributed by atoms with E-state index in [2.05, 4.69) is 20.5 Å². The van der Waals surface area contributed by atoms with E-state index in [-0.39, 0.29) is 11.9 Å². The number of nitrogens with zero attached hydrogens (tertiary/aromatic N) is 5. The zero-order valence-electron chi connectivity index (χ0n) is 14.1. The Labute approximate surface area is 139 Å². The summed E-state index contributed by atoms with van der Waals surface area (Å²) in [5.74, 6) is -0.105. The molecule has 0 saturated carbocycles. The summed E-state index contributed by atoms with van der Waals surface area (Å²) in [5.41, 5.74) is 5.59. The third-order valence-electron chi connectivity index (χ3n) is 4.81. The first-order valence-electron chi connectivity index (χ1n) is 8.15. The van der Waals surface area contributed by atoms with Crippen molar-refractivity contribution < 1.29 is 4.79 Å². The topological polar surface area (TPSA) is 77.6 Å². The van der Waals surface area contributed by atoms with E-state index in [1.54, 1.807) is 17.1 Å². The van der Waals surface area contributed by atoms with Crippen LogP contribution in [0.1, 0.15) is 46.2 Å². The lowest BCUT2D eigenvalue weighted by Gasteiger charge is -2.24. The van der Waals surface area contributed by atoms with Crippen molar-refractivity contribution in [3.8, 4) is 0 Å². The molecule has 0 aromatic carbocycles. The minimum Gasteiger partial charge on any atom is -0.345 e. The van der Waals surface area contributed by atoms with Gasteiger partial charge in [0.15, 0.2) is 0 Å². The Bertz CT molecular complexity index is 938. The third-order valence-corrected chi connectivity index (χ3v) is 4.81. The zero-order valence-corrected chi connectivity index (χ0v) is 14.1. The molecule has 0 bridgehead atoms. The molecule has 0 radical (unpaired) electrons. The number of aromatic nitrogens is 5. The molecule has 0 aliphatic heterocycles. The fraction of sp³-hybridized carbons (Fsp3) is 0.412. The predicted octanol–water partition coefficient (Wildman–Crippen LogP) is 1.82. The van der Waals surface area contributed by atoms with Gasteiger partial charge in [0.2, 0.25) is 0 Å². The molecule has 1 atom stereocenters. The summed E-state index contributed by atoms with van der Waals surface area (Å²) in [7, 11) is 3.81. The van der Waals surface area contributed by atoms with Crippen LogP contribution in [0.25, 0.3) is 11.0 Å². The second-order valence-electron chi connectivity index (χ2n) is 6.38. The zero-order chi connectivity index (χ0) is 16.8. The number of hydrogen-bond donors (Lipinski definition) is 1. The van der Waals surface area contributed by atoms with Gasteiger partial charge < -0.3 is 5.32 Å². The van der Waals surface area contributed by atoms with Crippen molar-refractivity contribution >= 4 is 16.9 Å². The van der Waals surface area contributed by atoms with Crippen LogP contribution >= 0.6 is 0 Å². The molecule has 0 fully saturated rings. The molecule has 1 N–H and O–H groups in total. The minimum atomic E-state index is -0.105. The van der Waals surface area contributed by atoms with E-state index < -0.39 is 0 Å². The summed E-state index contributed by atoms with van der Waals surface area (Å²) >= 11 is 0. The summed E-state index contributed by atoms with van der Waals surface area (Å²) in [4.78, 5) is 17.0. The largest absolute Gasteiger partial charge is 0.345 e. The number of amides is 1. The lowest BCUT2D eigenvalue weighted by molar-refractivity contribution is 0.0932. The summed E-state index contributed by atoms with van der Waals surface area (Å²) in [6.45, 7) is 2.01. The number of rotatable bonds is 2. The smallest absolute Gasteiger partial charge is 0.253 e. The second kappa shape index (κ2) is 5.43. The Kier molecular flexibility index (Phi) is 3.37. The normalized spacial score (nSPS) is 17.0. The number of aryl methyl sites for hydroxylation is 3. The molecular formula is C17H20N6O. The molecule has 0 saturated heterocycles. The van der Waals surface area contributed by atoms with Crippen molar-refractivity contribution in [1.29, 1.82) is 0 Å². The average Bonchev–Trinajstić information content (AvgIpc) is 3.08. The number of nitrogens with one attached hydrogen (secondary N) is 1. The van der Waals surface area contributed by atoms with E-state index >= 15 is 0 Å². The quantitative estimate of drug-likeness (QED) is 0.780. The van der Waals surface area contributed by atoms with Crippen molar-refractivity contribution in [3.63, 3.8) is 0 Å². The van der Waals surface area contributed by atoms with Crippen molar-refractivity contribution in [1.82, 2.24) is 29.9 Å². The Hall–Kier alpha value is -2.70. The molecule has 7 nitrogen and oxygen atoms in total. The highest BCUT2D eigenvalue weighted by Gasteiger charge is 2.27. The minimum absolute atomic E-state index is 0.0113. The van der Waals surface area contributed by atoms with Gasteiger partial charge in [-0.1, -0.05) is 0 Å². The Morgan fingerprint density at radius 1 is 1.29 bits per heavy atom. The Morgan fingerprint density at radius 3 is 2.96 bits per heavy atom. The highest BCUT2D eigenvalue weighted by Crippen LogP contribution is 2.32. The molecule has 1 unspecified atom stereocenters. The average molecular weight is 324 g/mol. The van der Waals surface area contributed by atoms with Gasteiger partial charge in [-0.15, -0.1) is 0 Å². The summed E-state index contributed by atoms with van der Waals surface area (Å²) in [5, 5.41) is 11.8. The van der Waals surface area contributed by atoms with Crippen LogP contribution < -0.4 is 5.32 Å². The number of pyridine rings is 1. The highest BCUT2D eigenvalue weighted by molar-refractivity contribution is 5.96. The molecule has 124 valence electrons. The van der Waals surface area contributed by atoms with Crippen LogP contribution in [0, 0.1) is 6.92 Å². The maximum Gasteiger partial charge on any atom is 0.253 e. The van der Waals surface area contributed by atoms with E-state index in [4.69, 9.17) is 0 Å². The first-order valence-corrected chi connectivity index (χ1v) is 8.15. The maximum absolute atomic E-state index is 12.7. The van der Waals surface area contributed by atoms with E-state index in [0.29, 0.717) is 5.56 Å².